The Labute approximate surface area is 119 Å². The Bertz CT molecular complexity index is 627. The summed E-state index contributed by atoms with van der Waals surface area (Å²) in [6, 6.07) is 0. The minimum atomic E-state index is -0.796. The smallest absolute Gasteiger partial charge is 0.345 e. The number of fused-ring (bicyclic) bond motifs is 1. The quantitative estimate of drug-likeness (QED) is 0.724. The number of hydrogen-bond acceptors (Lipinski definition) is 7. The average Bonchev–Trinajstić information content (AvgIpc) is 2.83. The van der Waals surface area contributed by atoms with Crippen LogP contribution in [-0.2, 0) is 14.2 Å². The van der Waals surface area contributed by atoms with Gasteiger partial charge in [0.25, 0.3) is 0 Å². The van der Waals surface area contributed by atoms with Gasteiger partial charge < -0.3 is 19.3 Å². The summed E-state index contributed by atoms with van der Waals surface area (Å²) in [6.07, 6.45) is -0.946. The van der Waals surface area contributed by atoms with E-state index in [0.29, 0.717) is 0 Å². The van der Waals surface area contributed by atoms with Crippen LogP contribution in [0.1, 0.15) is 20.1 Å². The van der Waals surface area contributed by atoms with Crippen molar-refractivity contribution in [3.63, 3.8) is 0 Å². The average molecular weight is 301 g/mol. The summed E-state index contributed by atoms with van der Waals surface area (Å²) >= 11 is 4.84. The zero-order valence-electron chi connectivity index (χ0n) is 11.0. The molecule has 2 aliphatic heterocycles. The van der Waals surface area contributed by atoms with Crippen LogP contribution in [0.25, 0.3) is 0 Å². The number of aromatic amines is 1. The summed E-state index contributed by atoms with van der Waals surface area (Å²) in [7, 11) is 0. The van der Waals surface area contributed by atoms with Crippen molar-refractivity contribution in [2.24, 2.45) is 0 Å². The second-order valence-electron chi connectivity index (χ2n) is 5.20. The molecule has 0 aliphatic carbocycles. The molecular formula is C11H15N3O5S. The Morgan fingerprint density at radius 2 is 2.20 bits per heavy atom. The van der Waals surface area contributed by atoms with Gasteiger partial charge in [-0.3, -0.25) is 4.98 Å². The highest BCUT2D eigenvalue weighted by molar-refractivity contribution is 7.71. The molecule has 2 fully saturated rings. The standard InChI is InChI=1S/C11H15N3O5S/c1-11(2)18-7-5(4-15)17-9(8(7)19-11)14-10(16)13-6(20)3-12-14/h3,5,7-9,15H,4H2,1-2H3,(H,13,16,20)/t5-,7-,8-,9+/m1/s1. The fourth-order valence-corrected chi connectivity index (χ4v) is 2.68. The molecule has 0 unspecified atom stereocenters. The Kier molecular flexibility index (Phi) is 3.26. The molecule has 8 nitrogen and oxygen atoms in total. The molecule has 110 valence electrons. The number of nitrogens with one attached hydrogen (secondary N) is 1. The van der Waals surface area contributed by atoms with Crippen molar-refractivity contribution < 1.29 is 19.3 Å². The van der Waals surface area contributed by atoms with Crippen molar-refractivity contribution in [2.45, 2.75) is 44.2 Å². The molecule has 0 spiro atoms. The number of hydrogen-bond donors (Lipinski definition) is 2. The van der Waals surface area contributed by atoms with Gasteiger partial charge in [0.05, 0.1) is 12.8 Å². The first-order chi connectivity index (χ1) is 9.41. The van der Waals surface area contributed by atoms with Crippen molar-refractivity contribution in [3.8, 4) is 0 Å². The van der Waals surface area contributed by atoms with Gasteiger partial charge in [0, 0.05) is 0 Å². The molecule has 9 heteroatoms. The number of ether oxygens (including phenoxy) is 3. The van der Waals surface area contributed by atoms with Crippen molar-refractivity contribution >= 4 is 12.2 Å². The second-order valence-corrected chi connectivity index (χ2v) is 5.64. The number of aromatic nitrogens is 3. The van der Waals surface area contributed by atoms with E-state index in [1.54, 1.807) is 13.8 Å². The summed E-state index contributed by atoms with van der Waals surface area (Å²) in [5.41, 5.74) is -0.492. The number of aliphatic hydroxyl groups excluding tert-OH is 1. The van der Waals surface area contributed by atoms with Gasteiger partial charge in [-0.05, 0) is 13.8 Å². The van der Waals surface area contributed by atoms with Crippen LogP contribution in [0.3, 0.4) is 0 Å². The van der Waals surface area contributed by atoms with Crippen LogP contribution in [0.5, 0.6) is 0 Å². The molecule has 4 atom stereocenters. The predicted molar refractivity (Wildman–Crippen MR) is 68.5 cm³/mol. The lowest BCUT2D eigenvalue weighted by Gasteiger charge is -2.23. The van der Waals surface area contributed by atoms with E-state index in [-0.39, 0.29) is 11.2 Å². The van der Waals surface area contributed by atoms with Crippen molar-refractivity contribution in [1.29, 1.82) is 0 Å². The van der Waals surface area contributed by atoms with Crippen LogP contribution in [0, 0.1) is 4.64 Å². The van der Waals surface area contributed by atoms with E-state index in [2.05, 4.69) is 10.1 Å². The van der Waals surface area contributed by atoms with Crippen LogP contribution in [0.15, 0.2) is 11.0 Å². The molecule has 2 aliphatic rings. The first-order valence-corrected chi connectivity index (χ1v) is 6.62. The third kappa shape index (κ3) is 2.21. The van der Waals surface area contributed by atoms with Crippen LogP contribution >= 0.6 is 12.2 Å². The minimum Gasteiger partial charge on any atom is -0.394 e. The normalized spacial score (nSPS) is 35.1. The molecule has 0 saturated carbocycles. The van der Waals surface area contributed by atoms with E-state index in [4.69, 9.17) is 26.4 Å². The van der Waals surface area contributed by atoms with Gasteiger partial charge >= 0.3 is 5.69 Å². The van der Waals surface area contributed by atoms with Crippen LogP contribution in [0.2, 0.25) is 0 Å². The molecule has 1 aromatic rings. The second kappa shape index (κ2) is 4.71. The predicted octanol–water partition coefficient (Wildman–Crippen LogP) is -0.289. The van der Waals surface area contributed by atoms with Gasteiger partial charge in [-0.15, -0.1) is 0 Å². The maximum atomic E-state index is 11.9. The highest BCUT2D eigenvalue weighted by atomic mass is 32.1. The van der Waals surface area contributed by atoms with Gasteiger partial charge in [-0.2, -0.15) is 9.78 Å². The first-order valence-electron chi connectivity index (χ1n) is 6.21. The molecule has 0 aromatic carbocycles. The third-order valence-corrected chi connectivity index (χ3v) is 3.49. The van der Waals surface area contributed by atoms with Gasteiger partial charge in [0.1, 0.15) is 23.0 Å². The van der Waals surface area contributed by atoms with E-state index >= 15 is 0 Å². The lowest BCUT2D eigenvalue weighted by atomic mass is 10.1. The summed E-state index contributed by atoms with van der Waals surface area (Å²) in [4.78, 5) is 14.4. The van der Waals surface area contributed by atoms with Crippen molar-refractivity contribution in [3.05, 3.63) is 21.3 Å². The zero-order valence-corrected chi connectivity index (χ0v) is 11.8. The van der Waals surface area contributed by atoms with Gasteiger partial charge in [-0.1, -0.05) is 12.2 Å². The molecule has 2 N–H and O–H groups in total. The monoisotopic (exact) mass is 301 g/mol. The number of aliphatic hydroxyl groups is 1. The minimum absolute atomic E-state index is 0.227. The molecule has 3 heterocycles. The van der Waals surface area contributed by atoms with Gasteiger partial charge in [-0.25, -0.2) is 4.79 Å². The van der Waals surface area contributed by atoms with Crippen LogP contribution < -0.4 is 5.69 Å². The topological polar surface area (TPSA) is 98.6 Å². The van der Waals surface area contributed by atoms with Crippen LogP contribution in [-0.4, -0.2) is 50.6 Å². The highest BCUT2D eigenvalue weighted by Gasteiger charge is 2.56. The van der Waals surface area contributed by atoms with Gasteiger partial charge in [0.2, 0.25) is 0 Å². The fourth-order valence-electron chi connectivity index (χ4n) is 2.55. The van der Waals surface area contributed by atoms with E-state index in [0.717, 1.165) is 4.68 Å². The Balaban J connectivity index is 1.98. The Morgan fingerprint density at radius 3 is 2.85 bits per heavy atom. The number of rotatable bonds is 2. The fraction of sp³-hybridized carbons (Fsp3) is 0.727. The lowest BCUT2D eigenvalue weighted by molar-refractivity contribution is -0.202. The molecular weight excluding hydrogens is 286 g/mol. The maximum absolute atomic E-state index is 11.9. The number of H-pyrrole nitrogens is 1. The lowest BCUT2D eigenvalue weighted by Crippen LogP contribution is -2.36. The Hall–Kier alpha value is -1.13. The zero-order chi connectivity index (χ0) is 14.5. The van der Waals surface area contributed by atoms with E-state index in [1.165, 1.54) is 6.20 Å². The summed E-state index contributed by atoms with van der Waals surface area (Å²) < 4.78 is 18.5. The summed E-state index contributed by atoms with van der Waals surface area (Å²) in [5.74, 6) is -0.796. The largest absolute Gasteiger partial charge is 0.394 e. The van der Waals surface area contributed by atoms with Crippen molar-refractivity contribution in [1.82, 2.24) is 14.8 Å². The third-order valence-electron chi connectivity index (χ3n) is 3.28. The van der Waals surface area contributed by atoms with E-state index in [9.17, 15) is 9.90 Å². The molecule has 3 rings (SSSR count). The van der Waals surface area contributed by atoms with E-state index < -0.39 is 36.0 Å². The maximum Gasteiger partial charge on any atom is 0.345 e. The number of nitrogens with zero attached hydrogens (tertiary/aromatic N) is 2. The summed E-state index contributed by atoms with van der Waals surface area (Å²) in [5, 5.41) is 13.3. The molecule has 0 radical (unpaired) electrons. The van der Waals surface area contributed by atoms with E-state index in [1.807, 2.05) is 0 Å². The van der Waals surface area contributed by atoms with Crippen LogP contribution in [0.4, 0.5) is 0 Å². The van der Waals surface area contributed by atoms with Gasteiger partial charge in [0.15, 0.2) is 12.0 Å². The molecule has 1 aromatic heterocycles. The first kappa shape index (κ1) is 13.8. The Morgan fingerprint density at radius 1 is 1.50 bits per heavy atom. The highest BCUT2D eigenvalue weighted by Crippen LogP contribution is 2.42. The molecule has 20 heavy (non-hydrogen) atoms. The molecule has 0 bridgehead atoms. The molecule has 0 amide bonds. The van der Waals surface area contributed by atoms with Crippen molar-refractivity contribution in [2.75, 3.05) is 6.61 Å². The molecule has 2 saturated heterocycles. The summed E-state index contributed by atoms with van der Waals surface area (Å²) in [6.45, 7) is 3.31. The SMILES string of the molecule is CC1(C)O[C@@H]2[C@H](O1)[C@@H](CO)O[C@@H]2n1ncc(=S)[nH]c1=O.